The SMILES string of the molecule is C=C1C[C@@H](C)C(c2ccc(C3CCCCC3)cc2)=NN1. The molecule has 0 unspecified atom stereocenters. The summed E-state index contributed by atoms with van der Waals surface area (Å²) in [6, 6.07) is 9.11. The molecule has 0 radical (unpaired) electrons. The molecule has 0 amide bonds. The average Bonchev–Trinajstić information content (AvgIpc) is 2.48. The first-order valence-electron chi connectivity index (χ1n) is 7.86. The number of hydrazone groups is 1. The Balaban J connectivity index is 1.77. The van der Waals surface area contributed by atoms with Crippen LogP contribution in [0.2, 0.25) is 0 Å². The summed E-state index contributed by atoms with van der Waals surface area (Å²) in [5.41, 5.74) is 7.96. The highest BCUT2D eigenvalue weighted by Crippen LogP contribution is 2.33. The van der Waals surface area contributed by atoms with Crippen LogP contribution in [0, 0.1) is 5.92 Å². The van der Waals surface area contributed by atoms with Gasteiger partial charge in [-0.25, -0.2) is 0 Å². The van der Waals surface area contributed by atoms with Crippen molar-refractivity contribution in [1.82, 2.24) is 5.43 Å². The zero-order valence-electron chi connectivity index (χ0n) is 12.4. The van der Waals surface area contributed by atoms with E-state index in [2.05, 4.69) is 48.3 Å². The summed E-state index contributed by atoms with van der Waals surface area (Å²) in [6.45, 7) is 6.17. The molecule has 1 aliphatic heterocycles. The Labute approximate surface area is 122 Å². The molecular weight excluding hydrogens is 244 g/mol. The van der Waals surface area contributed by atoms with Crippen LogP contribution >= 0.6 is 0 Å². The summed E-state index contributed by atoms with van der Waals surface area (Å²) in [6.07, 6.45) is 7.89. The molecule has 2 nitrogen and oxygen atoms in total. The molecule has 0 saturated heterocycles. The molecule has 1 N–H and O–H groups in total. The molecule has 2 heteroatoms. The van der Waals surface area contributed by atoms with Gasteiger partial charge in [0.2, 0.25) is 0 Å². The average molecular weight is 268 g/mol. The summed E-state index contributed by atoms with van der Waals surface area (Å²) in [5.74, 6) is 1.23. The van der Waals surface area contributed by atoms with Crippen molar-refractivity contribution < 1.29 is 0 Å². The van der Waals surface area contributed by atoms with Crippen molar-refractivity contribution in [3.05, 3.63) is 47.7 Å². The van der Waals surface area contributed by atoms with Crippen LogP contribution in [-0.2, 0) is 0 Å². The van der Waals surface area contributed by atoms with Crippen molar-refractivity contribution in [2.45, 2.75) is 51.4 Å². The minimum absolute atomic E-state index is 0.448. The second kappa shape index (κ2) is 5.82. The zero-order chi connectivity index (χ0) is 13.9. The highest BCUT2D eigenvalue weighted by Gasteiger charge is 2.20. The summed E-state index contributed by atoms with van der Waals surface area (Å²) in [4.78, 5) is 0. The predicted molar refractivity (Wildman–Crippen MR) is 84.9 cm³/mol. The van der Waals surface area contributed by atoms with E-state index in [9.17, 15) is 0 Å². The normalized spacial score (nSPS) is 24.1. The first kappa shape index (κ1) is 13.4. The largest absolute Gasteiger partial charge is 0.283 e. The molecule has 1 atom stereocenters. The molecule has 0 bridgehead atoms. The van der Waals surface area contributed by atoms with Crippen LogP contribution in [0.5, 0.6) is 0 Å². The van der Waals surface area contributed by atoms with Crippen LogP contribution in [0.4, 0.5) is 0 Å². The van der Waals surface area contributed by atoms with Crippen molar-refractivity contribution in [1.29, 1.82) is 0 Å². The van der Waals surface area contributed by atoms with Crippen molar-refractivity contribution in [3.63, 3.8) is 0 Å². The first-order chi connectivity index (χ1) is 9.74. The Bertz CT molecular complexity index is 507. The van der Waals surface area contributed by atoms with Crippen LogP contribution < -0.4 is 5.43 Å². The Hall–Kier alpha value is -1.57. The highest BCUT2D eigenvalue weighted by atomic mass is 15.3. The van der Waals surface area contributed by atoms with E-state index in [0.29, 0.717) is 5.92 Å². The Morgan fingerprint density at radius 2 is 1.80 bits per heavy atom. The molecule has 20 heavy (non-hydrogen) atoms. The molecule has 1 aromatic carbocycles. The smallest absolute Gasteiger partial charge is 0.0711 e. The molecule has 0 spiro atoms. The van der Waals surface area contributed by atoms with E-state index in [1.165, 1.54) is 43.2 Å². The summed E-state index contributed by atoms with van der Waals surface area (Å²) < 4.78 is 0. The molecule has 1 aliphatic carbocycles. The van der Waals surface area contributed by atoms with E-state index in [1.807, 2.05) is 0 Å². The summed E-state index contributed by atoms with van der Waals surface area (Å²) in [7, 11) is 0. The molecule has 106 valence electrons. The van der Waals surface area contributed by atoms with Gasteiger partial charge in [0, 0.05) is 11.6 Å². The van der Waals surface area contributed by atoms with Gasteiger partial charge in [-0.15, -0.1) is 0 Å². The van der Waals surface area contributed by atoms with Gasteiger partial charge < -0.3 is 0 Å². The lowest BCUT2D eigenvalue weighted by atomic mass is 9.83. The van der Waals surface area contributed by atoms with Gasteiger partial charge in [0.1, 0.15) is 0 Å². The maximum atomic E-state index is 4.47. The van der Waals surface area contributed by atoms with Gasteiger partial charge in [0.25, 0.3) is 0 Å². The van der Waals surface area contributed by atoms with Crippen LogP contribution in [0.3, 0.4) is 0 Å². The van der Waals surface area contributed by atoms with E-state index < -0.39 is 0 Å². The Morgan fingerprint density at radius 1 is 1.10 bits per heavy atom. The predicted octanol–water partition coefficient (Wildman–Crippen LogP) is 4.58. The quantitative estimate of drug-likeness (QED) is 0.834. The van der Waals surface area contributed by atoms with Gasteiger partial charge in [0.05, 0.1) is 5.71 Å². The second-order valence-electron chi connectivity index (χ2n) is 6.27. The third-order valence-corrected chi connectivity index (χ3v) is 4.64. The second-order valence-corrected chi connectivity index (χ2v) is 6.27. The van der Waals surface area contributed by atoms with E-state index in [1.54, 1.807) is 0 Å². The molecule has 3 rings (SSSR count). The topological polar surface area (TPSA) is 24.4 Å². The zero-order valence-corrected chi connectivity index (χ0v) is 12.4. The minimum atomic E-state index is 0.448. The molecule has 2 aliphatic rings. The maximum absolute atomic E-state index is 4.47. The minimum Gasteiger partial charge on any atom is -0.283 e. The van der Waals surface area contributed by atoms with Gasteiger partial charge in [-0.05, 0) is 36.3 Å². The summed E-state index contributed by atoms with van der Waals surface area (Å²) >= 11 is 0. The van der Waals surface area contributed by atoms with Gasteiger partial charge >= 0.3 is 0 Å². The van der Waals surface area contributed by atoms with E-state index in [4.69, 9.17) is 0 Å². The maximum Gasteiger partial charge on any atom is 0.0711 e. The van der Waals surface area contributed by atoms with Crippen LogP contribution in [0.25, 0.3) is 0 Å². The van der Waals surface area contributed by atoms with Crippen molar-refractivity contribution in [2.75, 3.05) is 0 Å². The third-order valence-electron chi connectivity index (χ3n) is 4.64. The molecule has 1 heterocycles. The number of nitrogens with one attached hydrogen (secondary N) is 1. The lowest BCUT2D eigenvalue weighted by molar-refractivity contribution is 0.443. The highest BCUT2D eigenvalue weighted by molar-refractivity contribution is 6.02. The number of hydrogen-bond donors (Lipinski definition) is 1. The van der Waals surface area contributed by atoms with Crippen LogP contribution in [-0.4, -0.2) is 5.71 Å². The number of nitrogens with zero attached hydrogens (tertiary/aromatic N) is 1. The molecule has 1 aromatic rings. The fourth-order valence-corrected chi connectivity index (χ4v) is 3.47. The van der Waals surface area contributed by atoms with Gasteiger partial charge in [0.15, 0.2) is 0 Å². The lowest BCUT2D eigenvalue weighted by Gasteiger charge is -2.24. The Kier molecular flexibility index (Phi) is 3.90. The van der Waals surface area contributed by atoms with Crippen molar-refractivity contribution in [3.8, 4) is 0 Å². The number of benzene rings is 1. The monoisotopic (exact) mass is 268 g/mol. The third kappa shape index (κ3) is 2.79. The fourth-order valence-electron chi connectivity index (χ4n) is 3.47. The van der Waals surface area contributed by atoms with Crippen LogP contribution in [0.15, 0.2) is 41.6 Å². The molecular formula is C18H24N2. The lowest BCUT2D eigenvalue weighted by Crippen LogP contribution is -2.25. The van der Waals surface area contributed by atoms with Gasteiger partial charge in [-0.2, -0.15) is 5.10 Å². The molecule has 0 aromatic heterocycles. The van der Waals surface area contributed by atoms with E-state index in [0.717, 1.165) is 23.7 Å². The summed E-state index contributed by atoms with van der Waals surface area (Å²) in [5, 5.41) is 4.47. The molecule has 1 saturated carbocycles. The van der Waals surface area contributed by atoms with Crippen molar-refractivity contribution in [2.24, 2.45) is 11.0 Å². The Morgan fingerprint density at radius 3 is 2.45 bits per heavy atom. The standard InChI is InChI=1S/C18H24N2/c1-13-12-14(2)19-20-18(13)17-10-8-16(9-11-17)15-6-4-3-5-7-15/h8-11,13,15,19H,2-7,12H2,1H3/t13-/m1/s1. The molecule has 1 fully saturated rings. The van der Waals surface area contributed by atoms with Gasteiger partial charge in [-0.3, -0.25) is 5.43 Å². The number of hydrogen-bond acceptors (Lipinski definition) is 2. The van der Waals surface area contributed by atoms with E-state index >= 15 is 0 Å². The van der Waals surface area contributed by atoms with Crippen LogP contribution in [0.1, 0.15) is 62.5 Å². The fraction of sp³-hybridized carbons (Fsp3) is 0.500. The van der Waals surface area contributed by atoms with E-state index in [-0.39, 0.29) is 0 Å². The number of rotatable bonds is 2. The van der Waals surface area contributed by atoms with Crippen molar-refractivity contribution >= 4 is 5.71 Å². The van der Waals surface area contributed by atoms with Gasteiger partial charge in [-0.1, -0.05) is 57.0 Å². The first-order valence-corrected chi connectivity index (χ1v) is 7.86. The number of allylic oxidation sites excluding steroid dienone is 1.